The number of aryl methyl sites for hydroxylation is 1. The molecule has 3 rings (SSSR count). The smallest absolute Gasteiger partial charge is 0.0522 e. The number of thiocarbonyl (C=S) groups is 1. The molecule has 0 aliphatic carbocycles. The summed E-state index contributed by atoms with van der Waals surface area (Å²) in [5.74, 6) is 0. The molecular formula is C20H16S. The predicted molar refractivity (Wildman–Crippen MR) is 93.9 cm³/mol. The fourth-order valence-electron chi connectivity index (χ4n) is 2.42. The van der Waals surface area contributed by atoms with Gasteiger partial charge in [0.2, 0.25) is 0 Å². The van der Waals surface area contributed by atoms with Crippen LogP contribution in [0.3, 0.4) is 0 Å². The summed E-state index contributed by atoms with van der Waals surface area (Å²) in [5.41, 5.74) is 5.88. The van der Waals surface area contributed by atoms with Crippen molar-refractivity contribution in [2.45, 2.75) is 6.92 Å². The van der Waals surface area contributed by atoms with E-state index >= 15 is 0 Å². The van der Waals surface area contributed by atoms with Crippen LogP contribution < -0.4 is 0 Å². The van der Waals surface area contributed by atoms with Crippen molar-refractivity contribution in [1.29, 1.82) is 0 Å². The van der Waals surface area contributed by atoms with Crippen LogP contribution in [-0.4, -0.2) is 4.86 Å². The molecule has 0 fully saturated rings. The summed E-state index contributed by atoms with van der Waals surface area (Å²) in [7, 11) is 0. The van der Waals surface area contributed by atoms with Crippen molar-refractivity contribution in [3.05, 3.63) is 95.6 Å². The lowest BCUT2D eigenvalue weighted by Gasteiger charge is -2.08. The van der Waals surface area contributed by atoms with E-state index in [1.54, 1.807) is 0 Å². The zero-order chi connectivity index (χ0) is 14.7. The molecule has 0 bridgehead atoms. The molecule has 0 unspecified atom stereocenters. The zero-order valence-corrected chi connectivity index (χ0v) is 12.7. The van der Waals surface area contributed by atoms with Gasteiger partial charge >= 0.3 is 0 Å². The third kappa shape index (κ3) is 3.09. The molecule has 0 amide bonds. The molecule has 0 spiro atoms. The minimum atomic E-state index is 0.894. The van der Waals surface area contributed by atoms with Gasteiger partial charge < -0.3 is 0 Å². The standard InChI is InChI=1S/C20H16S/c1-15-7-5-10-17(13-15)18-11-6-12-19(14-18)20(21)16-8-3-2-4-9-16/h2-14H,1H3. The summed E-state index contributed by atoms with van der Waals surface area (Å²) in [4.78, 5) is 0.894. The SMILES string of the molecule is Cc1cccc(-c2cccc(C(=S)c3ccccc3)c2)c1. The van der Waals surface area contributed by atoms with Crippen LogP contribution in [0.2, 0.25) is 0 Å². The second kappa shape index (κ2) is 6.02. The van der Waals surface area contributed by atoms with Crippen LogP contribution in [0.1, 0.15) is 16.7 Å². The lowest BCUT2D eigenvalue weighted by atomic mass is 9.98. The second-order valence-corrected chi connectivity index (χ2v) is 5.55. The molecule has 21 heavy (non-hydrogen) atoms. The van der Waals surface area contributed by atoms with Gasteiger partial charge in [-0.25, -0.2) is 0 Å². The maximum absolute atomic E-state index is 5.62. The molecule has 0 aromatic heterocycles. The minimum Gasteiger partial charge on any atom is -0.0788 e. The van der Waals surface area contributed by atoms with Crippen molar-refractivity contribution in [2.24, 2.45) is 0 Å². The molecule has 102 valence electrons. The van der Waals surface area contributed by atoms with Gasteiger partial charge in [-0.15, -0.1) is 0 Å². The highest BCUT2D eigenvalue weighted by molar-refractivity contribution is 7.81. The zero-order valence-electron chi connectivity index (χ0n) is 11.9. The van der Waals surface area contributed by atoms with Gasteiger partial charge in [0.1, 0.15) is 0 Å². The Hall–Kier alpha value is -2.25. The fraction of sp³-hybridized carbons (Fsp3) is 0.0500. The van der Waals surface area contributed by atoms with E-state index in [4.69, 9.17) is 12.2 Å². The first-order chi connectivity index (χ1) is 10.2. The average molecular weight is 288 g/mol. The normalized spacial score (nSPS) is 10.3. The molecule has 0 aliphatic heterocycles. The first kappa shape index (κ1) is 13.7. The molecule has 0 atom stereocenters. The van der Waals surface area contributed by atoms with Crippen molar-refractivity contribution < 1.29 is 0 Å². The second-order valence-electron chi connectivity index (χ2n) is 5.15. The summed E-state index contributed by atoms with van der Waals surface area (Å²) < 4.78 is 0. The molecule has 0 radical (unpaired) electrons. The van der Waals surface area contributed by atoms with Gasteiger partial charge in [0.05, 0.1) is 4.86 Å². The number of rotatable bonds is 3. The molecule has 0 aliphatic rings. The summed E-state index contributed by atoms with van der Waals surface area (Å²) in [6, 6.07) is 27.2. The van der Waals surface area contributed by atoms with Crippen molar-refractivity contribution in [3.8, 4) is 11.1 Å². The Morgan fingerprint density at radius 3 is 2.00 bits per heavy atom. The van der Waals surface area contributed by atoms with Crippen LogP contribution in [0.5, 0.6) is 0 Å². The van der Waals surface area contributed by atoms with E-state index < -0.39 is 0 Å². The highest BCUT2D eigenvalue weighted by Gasteiger charge is 2.06. The van der Waals surface area contributed by atoms with Crippen molar-refractivity contribution >= 4 is 17.1 Å². The summed E-state index contributed by atoms with van der Waals surface area (Å²) in [5, 5.41) is 0. The third-order valence-corrected chi connectivity index (χ3v) is 3.98. The van der Waals surface area contributed by atoms with Gasteiger partial charge in [-0.2, -0.15) is 0 Å². The maximum atomic E-state index is 5.62. The summed E-state index contributed by atoms with van der Waals surface area (Å²) >= 11 is 5.62. The van der Waals surface area contributed by atoms with E-state index in [-0.39, 0.29) is 0 Å². The highest BCUT2D eigenvalue weighted by atomic mass is 32.1. The van der Waals surface area contributed by atoms with Crippen LogP contribution in [-0.2, 0) is 0 Å². The van der Waals surface area contributed by atoms with Gasteiger partial charge in [-0.3, -0.25) is 0 Å². The lowest BCUT2D eigenvalue weighted by molar-refractivity contribution is 1.46. The van der Waals surface area contributed by atoms with Crippen molar-refractivity contribution in [3.63, 3.8) is 0 Å². The Bertz CT molecular complexity index is 773. The van der Waals surface area contributed by atoms with Gasteiger partial charge in [-0.1, -0.05) is 90.6 Å². The lowest BCUT2D eigenvalue weighted by Crippen LogP contribution is -1.99. The fourth-order valence-corrected chi connectivity index (χ4v) is 2.68. The minimum absolute atomic E-state index is 0.894. The highest BCUT2D eigenvalue weighted by Crippen LogP contribution is 2.23. The van der Waals surface area contributed by atoms with E-state index in [0.717, 1.165) is 16.0 Å². The van der Waals surface area contributed by atoms with Crippen LogP contribution in [0.4, 0.5) is 0 Å². The molecule has 3 aromatic carbocycles. The van der Waals surface area contributed by atoms with E-state index in [0.29, 0.717) is 0 Å². The first-order valence-corrected chi connectivity index (χ1v) is 7.42. The van der Waals surface area contributed by atoms with Crippen molar-refractivity contribution in [2.75, 3.05) is 0 Å². The molecule has 0 saturated heterocycles. The van der Waals surface area contributed by atoms with E-state index in [1.807, 2.05) is 18.2 Å². The maximum Gasteiger partial charge on any atom is 0.0522 e. The van der Waals surface area contributed by atoms with Gasteiger partial charge in [0.25, 0.3) is 0 Å². The summed E-state index contributed by atoms with van der Waals surface area (Å²) in [6.45, 7) is 2.11. The molecular weight excluding hydrogens is 272 g/mol. The van der Waals surface area contributed by atoms with E-state index in [2.05, 4.69) is 67.6 Å². The Kier molecular flexibility index (Phi) is 3.94. The monoisotopic (exact) mass is 288 g/mol. The Morgan fingerprint density at radius 2 is 1.29 bits per heavy atom. The molecule has 0 saturated carbocycles. The predicted octanol–water partition coefficient (Wildman–Crippen LogP) is 5.43. The van der Waals surface area contributed by atoms with Crippen LogP contribution >= 0.6 is 12.2 Å². The number of hydrogen-bond acceptors (Lipinski definition) is 1. The molecule has 3 aromatic rings. The largest absolute Gasteiger partial charge is 0.0788 e. The first-order valence-electron chi connectivity index (χ1n) is 7.01. The molecule has 0 N–H and O–H groups in total. The topological polar surface area (TPSA) is 0 Å². The Labute approximate surface area is 131 Å². The Balaban J connectivity index is 1.99. The van der Waals surface area contributed by atoms with Gasteiger partial charge in [0, 0.05) is 0 Å². The molecule has 0 heterocycles. The third-order valence-electron chi connectivity index (χ3n) is 3.51. The van der Waals surface area contributed by atoms with Gasteiger partial charge in [0.15, 0.2) is 0 Å². The quantitative estimate of drug-likeness (QED) is 0.457. The van der Waals surface area contributed by atoms with E-state index in [9.17, 15) is 0 Å². The summed E-state index contributed by atoms with van der Waals surface area (Å²) in [6.07, 6.45) is 0. The number of benzene rings is 3. The van der Waals surface area contributed by atoms with Crippen LogP contribution in [0.15, 0.2) is 78.9 Å². The number of hydrogen-bond donors (Lipinski definition) is 0. The molecule has 0 nitrogen and oxygen atoms in total. The van der Waals surface area contributed by atoms with Crippen LogP contribution in [0, 0.1) is 6.92 Å². The van der Waals surface area contributed by atoms with Crippen LogP contribution in [0.25, 0.3) is 11.1 Å². The van der Waals surface area contributed by atoms with Crippen molar-refractivity contribution in [1.82, 2.24) is 0 Å². The van der Waals surface area contributed by atoms with Gasteiger partial charge in [-0.05, 0) is 35.2 Å². The van der Waals surface area contributed by atoms with E-state index in [1.165, 1.54) is 16.7 Å². The Morgan fingerprint density at radius 1 is 0.667 bits per heavy atom. The molecule has 1 heteroatoms. The average Bonchev–Trinajstić information content (AvgIpc) is 2.55.